The number of methoxy groups -OCH3 is 1. The first-order chi connectivity index (χ1) is 10.1. The number of benzene rings is 1. The van der Waals surface area contributed by atoms with Crippen LogP contribution in [0.4, 0.5) is 0 Å². The number of carbonyl (C=O) groups excluding carboxylic acids is 1. The number of nitrogens with zero attached hydrogens (tertiary/aromatic N) is 2. The van der Waals surface area contributed by atoms with E-state index in [2.05, 4.69) is 15.8 Å². The van der Waals surface area contributed by atoms with Crippen LogP contribution in [0.3, 0.4) is 0 Å². The topological polar surface area (TPSA) is 63.0 Å². The Morgan fingerprint density at radius 1 is 1.33 bits per heavy atom. The lowest BCUT2D eigenvalue weighted by Crippen LogP contribution is -2.04. The van der Waals surface area contributed by atoms with E-state index < -0.39 is 0 Å². The van der Waals surface area contributed by atoms with Crippen LogP contribution in [0.25, 0.3) is 11.3 Å². The number of hydrogen-bond donors (Lipinski definition) is 0. The molecular formula is C15H11ClN2O2S. The Kier molecular flexibility index (Phi) is 5.20. The summed E-state index contributed by atoms with van der Waals surface area (Å²) in [5.41, 5.74) is 2.04. The van der Waals surface area contributed by atoms with Crippen molar-refractivity contribution in [2.45, 2.75) is 5.03 Å². The normalized spacial score (nSPS) is 9.95. The predicted molar refractivity (Wildman–Crippen MR) is 82.1 cm³/mol. The number of carbonyl (C=O) groups is 1. The van der Waals surface area contributed by atoms with Crippen molar-refractivity contribution in [2.24, 2.45) is 0 Å². The van der Waals surface area contributed by atoms with Gasteiger partial charge in [0, 0.05) is 10.6 Å². The SMILES string of the molecule is COC(=O)CSc1nc(-c2ccc(Cl)cc2)ccc1C#N. The highest BCUT2D eigenvalue weighted by atomic mass is 35.5. The summed E-state index contributed by atoms with van der Waals surface area (Å²) in [6.07, 6.45) is 0. The first-order valence-corrected chi connectivity index (χ1v) is 7.37. The van der Waals surface area contributed by atoms with Gasteiger partial charge >= 0.3 is 5.97 Å². The van der Waals surface area contributed by atoms with E-state index in [0.29, 0.717) is 15.6 Å². The van der Waals surface area contributed by atoms with Gasteiger partial charge in [-0.05, 0) is 24.3 Å². The van der Waals surface area contributed by atoms with Gasteiger partial charge in [-0.1, -0.05) is 35.5 Å². The second kappa shape index (κ2) is 7.11. The Hall–Kier alpha value is -2.03. The number of thioether (sulfide) groups is 1. The van der Waals surface area contributed by atoms with Crippen molar-refractivity contribution < 1.29 is 9.53 Å². The molecule has 0 bridgehead atoms. The van der Waals surface area contributed by atoms with E-state index in [4.69, 9.17) is 16.9 Å². The van der Waals surface area contributed by atoms with Crippen molar-refractivity contribution in [3.05, 3.63) is 47.0 Å². The molecule has 0 aliphatic rings. The summed E-state index contributed by atoms with van der Waals surface area (Å²) < 4.78 is 4.59. The number of rotatable bonds is 4. The summed E-state index contributed by atoms with van der Waals surface area (Å²) in [5, 5.41) is 10.3. The van der Waals surface area contributed by atoms with Gasteiger partial charge in [-0.3, -0.25) is 4.79 Å². The number of pyridine rings is 1. The second-order valence-corrected chi connectivity index (χ2v) is 5.43. The first kappa shape index (κ1) is 15.4. The molecule has 1 aromatic carbocycles. The van der Waals surface area contributed by atoms with Crippen molar-refractivity contribution in [1.82, 2.24) is 4.98 Å². The number of ether oxygens (including phenoxy) is 1. The molecule has 4 nitrogen and oxygen atoms in total. The molecule has 0 aliphatic heterocycles. The molecule has 0 atom stereocenters. The number of halogens is 1. The number of aromatic nitrogens is 1. The van der Waals surface area contributed by atoms with Crippen LogP contribution in [0.2, 0.25) is 5.02 Å². The lowest BCUT2D eigenvalue weighted by molar-refractivity contribution is -0.137. The predicted octanol–water partition coefficient (Wildman–Crippen LogP) is 3.54. The number of esters is 1. The molecular weight excluding hydrogens is 308 g/mol. The zero-order chi connectivity index (χ0) is 15.2. The summed E-state index contributed by atoms with van der Waals surface area (Å²) in [7, 11) is 1.33. The molecule has 0 amide bonds. The molecule has 0 spiro atoms. The van der Waals surface area contributed by atoms with Gasteiger partial charge in [-0.25, -0.2) is 4.98 Å². The zero-order valence-corrected chi connectivity index (χ0v) is 12.7. The highest BCUT2D eigenvalue weighted by molar-refractivity contribution is 7.99. The van der Waals surface area contributed by atoms with Gasteiger partial charge < -0.3 is 4.74 Å². The molecule has 0 N–H and O–H groups in total. The van der Waals surface area contributed by atoms with Crippen LogP contribution < -0.4 is 0 Å². The van der Waals surface area contributed by atoms with Crippen molar-refractivity contribution in [2.75, 3.05) is 12.9 Å². The molecule has 106 valence electrons. The number of hydrogen-bond acceptors (Lipinski definition) is 5. The van der Waals surface area contributed by atoms with E-state index in [0.717, 1.165) is 11.3 Å². The van der Waals surface area contributed by atoms with Gasteiger partial charge in [-0.2, -0.15) is 5.26 Å². The molecule has 0 saturated heterocycles. The van der Waals surface area contributed by atoms with Crippen LogP contribution in [0.1, 0.15) is 5.56 Å². The van der Waals surface area contributed by atoms with E-state index in [1.807, 2.05) is 12.1 Å². The Morgan fingerprint density at radius 2 is 2.05 bits per heavy atom. The maximum absolute atomic E-state index is 11.2. The van der Waals surface area contributed by atoms with E-state index in [9.17, 15) is 4.79 Å². The van der Waals surface area contributed by atoms with E-state index in [1.54, 1.807) is 24.3 Å². The lowest BCUT2D eigenvalue weighted by atomic mass is 10.1. The van der Waals surface area contributed by atoms with Gasteiger partial charge in [0.05, 0.1) is 24.1 Å². The Balaban J connectivity index is 2.31. The minimum Gasteiger partial charge on any atom is -0.468 e. The molecule has 0 radical (unpaired) electrons. The third-order valence-corrected chi connectivity index (χ3v) is 3.89. The fourth-order valence-corrected chi connectivity index (χ4v) is 2.53. The standard InChI is InChI=1S/C15H11ClN2O2S/c1-20-14(19)9-21-15-11(8-17)4-7-13(18-15)10-2-5-12(16)6-3-10/h2-7H,9H2,1H3. The number of nitriles is 1. The molecule has 2 aromatic rings. The third-order valence-electron chi connectivity index (χ3n) is 2.68. The molecule has 1 aromatic heterocycles. The van der Waals surface area contributed by atoms with E-state index in [1.165, 1.54) is 18.9 Å². The Bertz CT molecular complexity index is 696. The Morgan fingerprint density at radius 3 is 2.67 bits per heavy atom. The summed E-state index contributed by atoms with van der Waals surface area (Å²) in [6.45, 7) is 0. The van der Waals surface area contributed by atoms with Crippen LogP contribution in [-0.2, 0) is 9.53 Å². The molecule has 0 unspecified atom stereocenters. The van der Waals surface area contributed by atoms with Crippen molar-refractivity contribution >= 4 is 29.3 Å². The fraction of sp³-hybridized carbons (Fsp3) is 0.133. The van der Waals surface area contributed by atoms with Gasteiger partial charge in [-0.15, -0.1) is 0 Å². The molecule has 2 rings (SSSR count). The van der Waals surface area contributed by atoms with Gasteiger partial charge in [0.2, 0.25) is 0 Å². The van der Waals surface area contributed by atoms with Crippen LogP contribution >= 0.6 is 23.4 Å². The molecule has 1 heterocycles. The molecule has 6 heteroatoms. The van der Waals surface area contributed by atoms with Gasteiger partial charge in [0.15, 0.2) is 0 Å². The van der Waals surface area contributed by atoms with Gasteiger partial charge in [0.1, 0.15) is 11.1 Å². The summed E-state index contributed by atoms with van der Waals surface area (Å²) >= 11 is 7.04. The van der Waals surface area contributed by atoms with Crippen molar-refractivity contribution in [1.29, 1.82) is 5.26 Å². The maximum Gasteiger partial charge on any atom is 0.316 e. The van der Waals surface area contributed by atoms with Crippen molar-refractivity contribution in [3.63, 3.8) is 0 Å². The zero-order valence-electron chi connectivity index (χ0n) is 11.2. The second-order valence-electron chi connectivity index (χ2n) is 4.03. The smallest absolute Gasteiger partial charge is 0.316 e. The average Bonchev–Trinajstić information content (AvgIpc) is 2.53. The summed E-state index contributed by atoms with van der Waals surface area (Å²) in [4.78, 5) is 15.6. The molecule has 0 saturated carbocycles. The lowest BCUT2D eigenvalue weighted by Gasteiger charge is -2.06. The maximum atomic E-state index is 11.2. The quantitative estimate of drug-likeness (QED) is 0.637. The first-order valence-electron chi connectivity index (χ1n) is 6.00. The Labute approximate surface area is 131 Å². The van der Waals surface area contributed by atoms with Crippen LogP contribution in [0.15, 0.2) is 41.4 Å². The van der Waals surface area contributed by atoms with E-state index in [-0.39, 0.29) is 11.7 Å². The van der Waals surface area contributed by atoms with Crippen molar-refractivity contribution in [3.8, 4) is 17.3 Å². The highest BCUT2D eigenvalue weighted by Crippen LogP contribution is 2.26. The van der Waals surface area contributed by atoms with E-state index >= 15 is 0 Å². The minimum atomic E-state index is -0.359. The van der Waals surface area contributed by atoms with Crippen LogP contribution in [0.5, 0.6) is 0 Å². The largest absolute Gasteiger partial charge is 0.468 e. The van der Waals surface area contributed by atoms with Crippen LogP contribution in [0, 0.1) is 11.3 Å². The minimum absolute atomic E-state index is 0.113. The summed E-state index contributed by atoms with van der Waals surface area (Å²) in [6, 6.07) is 12.8. The highest BCUT2D eigenvalue weighted by Gasteiger charge is 2.10. The van der Waals surface area contributed by atoms with Gasteiger partial charge in [0.25, 0.3) is 0 Å². The van der Waals surface area contributed by atoms with Crippen LogP contribution in [-0.4, -0.2) is 23.8 Å². The molecule has 21 heavy (non-hydrogen) atoms. The monoisotopic (exact) mass is 318 g/mol. The fourth-order valence-electron chi connectivity index (χ4n) is 1.60. The molecule has 0 fully saturated rings. The molecule has 0 aliphatic carbocycles. The average molecular weight is 319 g/mol. The summed E-state index contributed by atoms with van der Waals surface area (Å²) in [5.74, 6) is -0.245. The third kappa shape index (κ3) is 3.97.